The van der Waals surface area contributed by atoms with Gasteiger partial charge in [-0.3, -0.25) is 4.79 Å². The van der Waals surface area contributed by atoms with Crippen LogP contribution in [-0.4, -0.2) is 35.7 Å². The molecular formula is C34H49Cl2N3O2. The van der Waals surface area contributed by atoms with Gasteiger partial charge in [0.05, 0.1) is 6.04 Å². The molecule has 0 aromatic heterocycles. The van der Waals surface area contributed by atoms with E-state index in [0.29, 0.717) is 18.9 Å². The lowest BCUT2D eigenvalue weighted by atomic mass is 9.94. The Morgan fingerprint density at radius 2 is 1.46 bits per heavy atom. The van der Waals surface area contributed by atoms with Crippen molar-refractivity contribution in [2.24, 2.45) is 11.7 Å². The van der Waals surface area contributed by atoms with E-state index in [1.165, 1.54) is 16.7 Å². The van der Waals surface area contributed by atoms with Gasteiger partial charge in [0, 0.05) is 18.6 Å². The molecule has 0 aliphatic rings. The van der Waals surface area contributed by atoms with Gasteiger partial charge in [0.15, 0.2) is 0 Å². The average Bonchev–Trinajstić information content (AvgIpc) is 2.94. The molecule has 0 spiro atoms. The van der Waals surface area contributed by atoms with Crippen LogP contribution in [0.4, 0.5) is 0 Å². The summed E-state index contributed by atoms with van der Waals surface area (Å²) >= 11 is 0. The molecule has 3 aromatic carbocycles. The minimum atomic E-state index is -0.378. The Bertz CT molecular complexity index is 1110. The van der Waals surface area contributed by atoms with Crippen molar-refractivity contribution in [1.29, 1.82) is 0 Å². The number of phenolic OH excluding ortho intramolecular Hbond substituents is 1. The van der Waals surface area contributed by atoms with E-state index in [1.54, 1.807) is 12.1 Å². The van der Waals surface area contributed by atoms with E-state index in [-0.39, 0.29) is 54.6 Å². The van der Waals surface area contributed by atoms with E-state index in [4.69, 9.17) is 5.73 Å². The molecule has 5 nitrogen and oxygen atoms in total. The largest absolute Gasteiger partial charge is 0.508 e. The SMILES string of the molecule is CCCC[C@H](N)CNC(=O)[C@H](Cc1ccc(O)cc1)N[C@H](CCc1ccc(-c2ccccc2)cc1)CC(C)C.Cl.Cl. The second kappa shape index (κ2) is 19.5. The van der Waals surface area contributed by atoms with Crippen LogP contribution in [0, 0.1) is 5.92 Å². The highest BCUT2D eigenvalue weighted by Crippen LogP contribution is 2.21. The second-order valence-corrected chi connectivity index (χ2v) is 11.2. The molecule has 0 bridgehead atoms. The number of benzene rings is 3. The zero-order valence-corrected chi connectivity index (χ0v) is 26.4. The molecule has 0 heterocycles. The molecule has 1 amide bonds. The molecule has 7 heteroatoms. The maximum absolute atomic E-state index is 13.4. The fraction of sp³-hybridized carbons (Fsp3) is 0.441. The first-order valence-electron chi connectivity index (χ1n) is 14.6. The van der Waals surface area contributed by atoms with Gasteiger partial charge in [-0.15, -0.1) is 24.8 Å². The maximum Gasteiger partial charge on any atom is 0.237 e. The van der Waals surface area contributed by atoms with Gasteiger partial charge in [-0.25, -0.2) is 0 Å². The summed E-state index contributed by atoms with van der Waals surface area (Å²) in [6.45, 7) is 7.08. The van der Waals surface area contributed by atoms with Crippen molar-refractivity contribution in [3.63, 3.8) is 0 Å². The zero-order valence-electron chi connectivity index (χ0n) is 24.7. The Labute approximate surface area is 259 Å². The number of nitrogens with two attached hydrogens (primary N) is 1. The standard InChI is InChI=1S/C34H47N3O2.2ClH/c1-4-5-11-30(35)24-36-34(39)33(23-27-15-20-32(38)21-16-27)37-31(22-25(2)3)19-14-26-12-17-29(18-13-26)28-9-7-6-8-10-28;;/h6-10,12-13,15-18,20-21,25,30-31,33,37-38H,4-5,11,14,19,22-24,35H2,1-3H3,(H,36,39);2*1H/t30-,31+,33-;;/m0../s1. The monoisotopic (exact) mass is 601 g/mol. The Hall–Kier alpha value is -2.57. The minimum absolute atomic E-state index is 0. The molecule has 3 rings (SSSR count). The van der Waals surface area contributed by atoms with Crippen LogP contribution in [0.5, 0.6) is 5.75 Å². The summed E-state index contributed by atoms with van der Waals surface area (Å²) in [4.78, 5) is 13.4. The number of phenols is 1. The van der Waals surface area contributed by atoms with Gasteiger partial charge >= 0.3 is 0 Å². The van der Waals surface area contributed by atoms with Gasteiger partial charge in [-0.1, -0.05) is 100 Å². The number of carbonyl (C=O) groups is 1. The van der Waals surface area contributed by atoms with E-state index < -0.39 is 0 Å². The first-order chi connectivity index (χ1) is 18.8. The van der Waals surface area contributed by atoms with Crippen molar-refractivity contribution in [2.45, 2.75) is 83.8 Å². The summed E-state index contributed by atoms with van der Waals surface area (Å²) in [6.07, 6.45) is 6.49. The van der Waals surface area contributed by atoms with E-state index >= 15 is 0 Å². The number of rotatable bonds is 16. The Morgan fingerprint density at radius 1 is 0.854 bits per heavy atom. The molecular weight excluding hydrogens is 553 g/mol. The number of nitrogens with one attached hydrogen (secondary N) is 2. The summed E-state index contributed by atoms with van der Waals surface area (Å²) < 4.78 is 0. The molecule has 3 atom stereocenters. The predicted molar refractivity (Wildman–Crippen MR) is 177 cm³/mol. The summed E-state index contributed by atoms with van der Waals surface area (Å²) in [7, 11) is 0. The van der Waals surface area contributed by atoms with Crippen LogP contribution >= 0.6 is 24.8 Å². The van der Waals surface area contributed by atoms with Gasteiger partial charge in [-0.05, 0) is 72.4 Å². The number of unbranched alkanes of at least 4 members (excludes halogenated alkanes) is 1. The molecule has 0 unspecified atom stereocenters. The molecule has 0 saturated carbocycles. The van der Waals surface area contributed by atoms with Gasteiger partial charge < -0.3 is 21.5 Å². The van der Waals surface area contributed by atoms with Crippen molar-refractivity contribution >= 4 is 30.7 Å². The van der Waals surface area contributed by atoms with Crippen molar-refractivity contribution in [1.82, 2.24) is 10.6 Å². The van der Waals surface area contributed by atoms with Gasteiger partial charge in [0.1, 0.15) is 5.75 Å². The Kier molecular flexibility index (Phi) is 17.4. The summed E-state index contributed by atoms with van der Waals surface area (Å²) in [5, 5.41) is 16.5. The van der Waals surface area contributed by atoms with Crippen molar-refractivity contribution in [3.05, 3.63) is 90.0 Å². The van der Waals surface area contributed by atoms with E-state index in [1.807, 2.05) is 18.2 Å². The minimum Gasteiger partial charge on any atom is -0.508 e. The van der Waals surface area contributed by atoms with Crippen LogP contribution in [0.2, 0.25) is 0 Å². The van der Waals surface area contributed by atoms with Gasteiger partial charge in [-0.2, -0.15) is 0 Å². The second-order valence-electron chi connectivity index (χ2n) is 11.2. The van der Waals surface area contributed by atoms with Crippen LogP contribution in [0.15, 0.2) is 78.9 Å². The van der Waals surface area contributed by atoms with Crippen LogP contribution in [0.1, 0.15) is 64.0 Å². The van der Waals surface area contributed by atoms with E-state index in [9.17, 15) is 9.90 Å². The molecule has 0 aliphatic carbocycles. The lowest BCUT2D eigenvalue weighted by molar-refractivity contribution is -0.123. The molecule has 5 N–H and O–H groups in total. The molecule has 41 heavy (non-hydrogen) atoms. The summed E-state index contributed by atoms with van der Waals surface area (Å²) in [5.74, 6) is 0.712. The number of halogens is 2. The van der Waals surface area contributed by atoms with E-state index in [2.05, 4.69) is 79.9 Å². The van der Waals surface area contributed by atoms with E-state index in [0.717, 1.165) is 44.1 Å². The van der Waals surface area contributed by atoms with Crippen LogP contribution < -0.4 is 16.4 Å². The van der Waals surface area contributed by atoms with Crippen LogP contribution in [-0.2, 0) is 17.6 Å². The molecule has 0 radical (unpaired) electrons. The highest BCUT2D eigenvalue weighted by Gasteiger charge is 2.24. The number of hydrogen-bond acceptors (Lipinski definition) is 4. The average molecular weight is 603 g/mol. The predicted octanol–water partition coefficient (Wildman–Crippen LogP) is 7.08. The van der Waals surface area contributed by atoms with Crippen molar-refractivity contribution < 1.29 is 9.90 Å². The molecule has 0 saturated heterocycles. The summed E-state index contributed by atoms with van der Waals surface area (Å²) in [5.41, 5.74) is 11.0. The topological polar surface area (TPSA) is 87.4 Å². The Morgan fingerprint density at radius 3 is 2.07 bits per heavy atom. The fourth-order valence-corrected chi connectivity index (χ4v) is 4.98. The first kappa shape index (κ1) is 36.5. The summed E-state index contributed by atoms with van der Waals surface area (Å²) in [6, 6.07) is 26.2. The normalized spacial score (nSPS) is 13.0. The molecule has 3 aromatic rings. The number of aromatic hydroxyl groups is 1. The lowest BCUT2D eigenvalue weighted by Gasteiger charge is -2.27. The Balaban J connectivity index is 0.00000420. The highest BCUT2D eigenvalue weighted by molar-refractivity contribution is 5.85. The van der Waals surface area contributed by atoms with Gasteiger partial charge in [0.2, 0.25) is 5.91 Å². The number of aryl methyl sites for hydroxylation is 1. The number of carbonyl (C=O) groups excluding carboxylic acids is 1. The highest BCUT2D eigenvalue weighted by atomic mass is 35.5. The smallest absolute Gasteiger partial charge is 0.237 e. The number of hydrogen-bond donors (Lipinski definition) is 4. The molecule has 0 fully saturated rings. The fourth-order valence-electron chi connectivity index (χ4n) is 4.98. The quantitative estimate of drug-likeness (QED) is 0.141. The first-order valence-corrected chi connectivity index (χ1v) is 14.6. The molecule has 0 aliphatic heterocycles. The third-order valence-electron chi connectivity index (χ3n) is 7.19. The maximum atomic E-state index is 13.4. The van der Waals surface area contributed by atoms with Crippen molar-refractivity contribution in [3.8, 4) is 16.9 Å². The van der Waals surface area contributed by atoms with Crippen molar-refractivity contribution in [2.75, 3.05) is 6.54 Å². The molecule has 226 valence electrons. The zero-order chi connectivity index (χ0) is 28.0. The van der Waals surface area contributed by atoms with Crippen LogP contribution in [0.3, 0.4) is 0 Å². The number of amides is 1. The third kappa shape index (κ3) is 13.3. The third-order valence-corrected chi connectivity index (χ3v) is 7.19. The van der Waals surface area contributed by atoms with Crippen LogP contribution in [0.25, 0.3) is 11.1 Å². The lowest BCUT2D eigenvalue weighted by Crippen LogP contribution is -2.51. The van der Waals surface area contributed by atoms with Gasteiger partial charge in [0.25, 0.3) is 0 Å².